The molecular weight excluding hydrogens is 234 g/mol. The van der Waals surface area contributed by atoms with Crippen LogP contribution in [0, 0.1) is 0 Å². The standard InChI is InChI=1S/C16H29NSi/c1-7-8-14-17(15-12-10-9-11-13-15)18(5,6)16(2,3)4/h9-13H,7-8,14H2,1-6H3. The van der Waals surface area contributed by atoms with Crippen LogP contribution in [0.25, 0.3) is 0 Å². The molecule has 0 unspecified atom stereocenters. The van der Waals surface area contributed by atoms with Gasteiger partial charge in [-0.1, -0.05) is 65.4 Å². The number of benzene rings is 1. The molecule has 0 aliphatic carbocycles. The average Bonchev–Trinajstić information content (AvgIpc) is 2.29. The molecule has 1 rings (SSSR count). The summed E-state index contributed by atoms with van der Waals surface area (Å²) < 4.78 is 2.70. The largest absolute Gasteiger partial charge is 0.397 e. The number of hydrogen-bond donors (Lipinski definition) is 0. The molecule has 0 aliphatic rings. The molecule has 0 saturated carbocycles. The van der Waals surface area contributed by atoms with Crippen LogP contribution >= 0.6 is 0 Å². The van der Waals surface area contributed by atoms with Gasteiger partial charge in [0.05, 0.1) is 0 Å². The van der Waals surface area contributed by atoms with E-state index in [1.807, 2.05) is 0 Å². The second-order valence-electron chi connectivity index (χ2n) is 6.65. The van der Waals surface area contributed by atoms with E-state index in [1.165, 1.54) is 25.1 Å². The Morgan fingerprint density at radius 1 is 1.06 bits per heavy atom. The SMILES string of the molecule is CCCCN(c1ccccc1)[Si](C)(C)C(C)(C)C. The van der Waals surface area contributed by atoms with Gasteiger partial charge < -0.3 is 4.57 Å². The van der Waals surface area contributed by atoms with Crippen molar-refractivity contribution in [2.45, 2.75) is 58.7 Å². The maximum atomic E-state index is 2.70. The molecule has 0 amide bonds. The van der Waals surface area contributed by atoms with E-state index in [0.29, 0.717) is 5.04 Å². The molecule has 0 fully saturated rings. The minimum absolute atomic E-state index is 0.385. The van der Waals surface area contributed by atoms with Gasteiger partial charge in [-0.2, -0.15) is 0 Å². The van der Waals surface area contributed by atoms with Gasteiger partial charge in [0.15, 0.2) is 8.24 Å². The van der Waals surface area contributed by atoms with Gasteiger partial charge in [0.25, 0.3) is 0 Å². The third-order valence-corrected chi connectivity index (χ3v) is 9.82. The van der Waals surface area contributed by atoms with Crippen LogP contribution < -0.4 is 4.57 Å². The molecule has 0 bridgehead atoms. The number of hydrogen-bond acceptors (Lipinski definition) is 1. The predicted octanol–water partition coefficient (Wildman–Crippen LogP) is 5.30. The third-order valence-electron chi connectivity index (χ3n) is 4.31. The lowest BCUT2D eigenvalue weighted by Gasteiger charge is -2.47. The summed E-state index contributed by atoms with van der Waals surface area (Å²) in [5, 5.41) is 0.385. The maximum Gasteiger partial charge on any atom is 0.155 e. The topological polar surface area (TPSA) is 3.24 Å². The highest BCUT2D eigenvalue weighted by Gasteiger charge is 2.40. The Balaban J connectivity index is 3.06. The van der Waals surface area contributed by atoms with Crippen LogP contribution in [0.15, 0.2) is 30.3 Å². The average molecular weight is 264 g/mol. The summed E-state index contributed by atoms with van der Waals surface area (Å²) >= 11 is 0. The molecule has 0 N–H and O–H groups in total. The van der Waals surface area contributed by atoms with Crippen LogP contribution in [0.4, 0.5) is 5.69 Å². The van der Waals surface area contributed by atoms with Crippen LogP contribution in [0.1, 0.15) is 40.5 Å². The van der Waals surface area contributed by atoms with Gasteiger partial charge in [-0.05, 0) is 23.6 Å². The number of nitrogens with zero attached hydrogens (tertiary/aromatic N) is 1. The fourth-order valence-electron chi connectivity index (χ4n) is 2.06. The molecule has 0 aromatic heterocycles. The van der Waals surface area contributed by atoms with Gasteiger partial charge in [0.2, 0.25) is 0 Å². The van der Waals surface area contributed by atoms with E-state index in [9.17, 15) is 0 Å². The number of unbranched alkanes of at least 4 members (excludes halogenated alkanes) is 1. The number of para-hydroxylation sites is 1. The Kier molecular flexibility index (Phi) is 5.03. The zero-order chi connectivity index (χ0) is 13.8. The Hall–Kier alpha value is -0.763. The lowest BCUT2D eigenvalue weighted by Crippen LogP contribution is -2.55. The molecule has 0 spiro atoms. The molecule has 1 aromatic carbocycles. The molecule has 18 heavy (non-hydrogen) atoms. The summed E-state index contributed by atoms with van der Waals surface area (Å²) in [5.41, 5.74) is 1.40. The lowest BCUT2D eigenvalue weighted by atomic mass is 10.2. The van der Waals surface area contributed by atoms with Gasteiger partial charge in [0, 0.05) is 12.2 Å². The lowest BCUT2D eigenvalue weighted by molar-refractivity contribution is 0.692. The second-order valence-corrected chi connectivity index (χ2v) is 11.8. The highest BCUT2D eigenvalue weighted by molar-refractivity contribution is 6.83. The van der Waals surface area contributed by atoms with E-state index in [1.54, 1.807) is 0 Å². The van der Waals surface area contributed by atoms with E-state index in [2.05, 4.69) is 75.7 Å². The summed E-state index contributed by atoms with van der Waals surface area (Å²) in [5.74, 6) is 0. The summed E-state index contributed by atoms with van der Waals surface area (Å²) in [6, 6.07) is 10.9. The summed E-state index contributed by atoms with van der Waals surface area (Å²) in [6.45, 7) is 15.6. The van der Waals surface area contributed by atoms with Crippen LogP contribution in [0.3, 0.4) is 0 Å². The first-order valence-corrected chi connectivity index (χ1v) is 10.1. The van der Waals surface area contributed by atoms with E-state index in [-0.39, 0.29) is 0 Å². The number of anilines is 1. The first-order chi connectivity index (χ1) is 8.30. The van der Waals surface area contributed by atoms with E-state index >= 15 is 0 Å². The zero-order valence-corrected chi connectivity index (χ0v) is 14.0. The van der Waals surface area contributed by atoms with Gasteiger partial charge in [-0.25, -0.2) is 0 Å². The van der Waals surface area contributed by atoms with Crippen molar-refractivity contribution in [2.24, 2.45) is 0 Å². The molecule has 2 heteroatoms. The molecule has 0 heterocycles. The summed E-state index contributed by atoms with van der Waals surface area (Å²) in [4.78, 5) is 0. The van der Waals surface area contributed by atoms with Crippen molar-refractivity contribution >= 4 is 13.9 Å². The third kappa shape index (κ3) is 3.38. The van der Waals surface area contributed by atoms with Crippen LogP contribution in [-0.4, -0.2) is 14.8 Å². The van der Waals surface area contributed by atoms with Crippen LogP contribution in [-0.2, 0) is 0 Å². The number of rotatable bonds is 5. The van der Waals surface area contributed by atoms with Crippen molar-refractivity contribution in [3.63, 3.8) is 0 Å². The summed E-state index contributed by atoms with van der Waals surface area (Å²) in [6.07, 6.45) is 2.54. The Morgan fingerprint density at radius 2 is 1.61 bits per heavy atom. The van der Waals surface area contributed by atoms with Crippen molar-refractivity contribution in [1.82, 2.24) is 0 Å². The van der Waals surface area contributed by atoms with Crippen molar-refractivity contribution in [2.75, 3.05) is 11.1 Å². The molecule has 0 radical (unpaired) electrons. The van der Waals surface area contributed by atoms with Crippen LogP contribution in [0.2, 0.25) is 18.1 Å². The molecule has 102 valence electrons. The van der Waals surface area contributed by atoms with Gasteiger partial charge in [0.1, 0.15) is 0 Å². The second kappa shape index (κ2) is 5.92. The Bertz CT molecular complexity index is 351. The monoisotopic (exact) mass is 263 g/mol. The fourth-order valence-corrected chi connectivity index (χ4v) is 4.38. The zero-order valence-electron chi connectivity index (χ0n) is 13.0. The van der Waals surface area contributed by atoms with E-state index in [4.69, 9.17) is 0 Å². The van der Waals surface area contributed by atoms with Gasteiger partial charge >= 0.3 is 0 Å². The van der Waals surface area contributed by atoms with E-state index in [0.717, 1.165) is 0 Å². The normalized spacial score (nSPS) is 12.6. The first kappa shape index (κ1) is 15.3. The van der Waals surface area contributed by atoms with E-state index < -0.39 is 8.24 Å². The highest BCUT2D eigenvalue weighted by Crippen LogP contribution is 2.40. The molecule has 1 aromatic rings. The van der Waals surface area contributed by atoms with Crippen molar-refractivity contribution in [3.05, 3.63) is 30.3 Å². The maximum absolute atomic E-state index is 2.70. The van der Waals surface area contributed by atoms with Crippen molar-refractivity contribution < 1.29 is 0 Å². The summed E-state index contributed by atoms with van der Waals surface area (Å²) in [7, 11) is -1.48. The smallest absolute Gasteiger partial charge is 0.155 e. The minimum Gasteiger partial charge on any atom is -0.397 e. The predicted molar refractivity (Wildman–Crippen MR) is 85.9 cm³/mol. The first-order valence-electron chi connectivity index (χ1n) is 7.13. The van der Waals surface area contributed by atoms with Gasteiger partial charge in [-0.3, -0.25) is 0 Å². The molecule has 0 atom stereocenters. The molecular formula is C16H29NSi. The van der Waals surface area contributed by atoms with Crippen molar-refractivity contribution in [1.29, 1.82) is 0 Å². The quantitative estimate of drug-likeness (QED) is 0.652. The Labute approximate surface area is 114 Å². The fraction of sp³-hybridized carbons (Fsp3) is 0.625. The molecule has 0 saturated heterocycles. The highest BCUT2D eigenvalue weighted by atomic mass is 28.3. The molecule has 0 aliphatic heterocycles. The van der Waals surface area contributed by atoms with Crippen LogP contribution in [0.5, 0.6) is 0 Å². The minimum atomic E-state index is -1.48. The Morgan fingerprint density at radius 3 is 2.06 bits per heavy atom. The van der Waals surface area contributed by atoms with Crippen molar-refractivity contribution in [3.8, 4) is 0 Å². The molecule has 1 nitrogen and oxygen atoms in total. The van der Waals surface area contributed by atoms with Gasteiger partial charge in [-0.15, -0.1) is 0 Å².